The first-order valence-electron chi connectivity index (χ1n) is 6.33. The molecule has 0 fully saturated rings. The Kier molecular flexibility index (Phi) is 3.13. The Morgan fingerprint density at radius 3 is 2.72 bits per heavy atom. The van der Waals surface area contributed by atoms with E-state index in [2.05, 4.69) is 76.3 Å². The molecule has 1 aliphatic heterocycles. The van der Waals surface area contributed by atoms with Gasteiger partial charge in [-0.3, -0.25) is 0 Å². The molecule has 18 heavy (non-hydrogen) atoms. The van der Waals surface area contributed by atoms with Crippen molar-refractivity contribution in [1.82, 2.24) is 0 Å². The highest BCUT2D eigenvalue weighted by atomic mass is 79.9. The van der Waals surface area contributed by atoms with Crippen LogP contribution in [-0.2, 0) is 13.0 Å². The Balaban J connectivity index is 1.92. The third kappa shape index (κ3) is 2.17. The maximum atomic E-state index is 3.57. The van der Waals surface area contributed by atoms with Gasteiger partial charge in [0.05, 0.1) is 0 Å². The van der Waals surface area contributed by atoms with E-state index in [1.165, 1.54) is 16.8 Å². The van der Waals surface area contributed by atoms with Gasteiger partial charge in [-0.05, 0) is 36.6 Å². The predicted molar refractivity (Wildman–Crippen MR) is 79.9 cm³/mol. The second-order valence-corrected chi connectivity index (χ2v) is 5.86. The summed E-state index contributed by atoms with van der Waals surface area (Å²) in [5.41, 5.74) is 4.21. The lowest BCUT2D eigenvalue weighted by atomic mass is 10.1. The molecule has 0 spiro atoms. The number of fused-ring (bicyclic) bond motifs is 1. The number of hydrogen-bond acceptors (Lipinski definition) is 1. The maximum absolute atomic E-state index is 3.57. The number of nitrogens with zero attached hydrogens (tertiary/aromatic N) is 1. The van der Waals surface area contributed by atoms with Crippen LogP contribution in [0.15, 0.2) is 53.0 Å². The highest BCUT2D eigenvalue weighted by Crippen LogP contribution is 2.35. The maximum Gasteiger partial charge on any atom is 0.0432 e. The van der Waals surface area contributed by atoms with E-state index in [4.69, 9.17) is 0 Å². The number of rotatable bonds is 2. The lowest BCUT2D eigenvalue weighted by Crippen LogP contribution is -2.28. The van der Waals surface area contributed by atoms with E-state index >= 15 is 0 Å². The van der Waals surface area contributed by atoms with Crippen LogP contribution in [0.25, 0.3) is 0 Å². The molecule has 1 atom stereocenters. The zero-order chi connectivity index (χ0) is 12.5. The average molecular weight is 302 g/mol. The van der Waals surface area contributed by atoms with Crippen LogP contribution in [0.1, 0.15) is 18.1 Å². The van der Waals surface area contributed by atoms with Gasteiger partial charge in [0, 0.05) is 22.7 Å². The normalized spacial score (nSPS) is 17.9. The number of hydrogen-bond donors (Lipinski definition) is 0. The van der Waals surface area contributed by atoms with Gasteiger partial charge in [0.15, 0.2) is 0 Å². The lowest BCUT2D eigenvalue weighted by Gasteiger charge is -2.25. The fourth-order valence-electron chi connectivity index (χ4n) is 2.66. The van der Waals surface area contributed by atoms with Gasteiger partial charge in [-0.15, -0.1) is 0 Å². The van der Waals surface area contributed by atoms with Gasteiger partial charge >= 0.3 is 0 Å². The van der Waals surface area contributed by atoms with Crippen molar-refractivity contribution in [3.8, 4) is 0 Å². The SMILES string of the molecule is C[C@H]1Cc2ccc(Br)cc2N1Cc1ccccc1. The highest BCUT2D eigenvalue weighted by Gasteiger charge is 2.25. The van der Waals surface area contributed by atoms with Crippen molar-refractivity contribution in [1.29, 1.82) is 0 Å². The molecule has 2 aromatic rings. The van der Waals surface area contributed by atoms with Crippen molar-refractivity contribution < 1.29 is 0 Å². The molecule has 2 aromatic carbocycles. The Bertz CT molecular complexity index is 550. The molecule has 0 unspecified atom stereocenters. The second kappa shape index (κ2) is 4.77. The van der Waals surface area contributed by atoms with Crippen LogP contribution in [0.5, 0.6) is 0 Å². The minimum absolute atomic E-state index is 0.578. The molecule has 1 aliphatic rings. The van der Waals surface area contributed by atoms with Crippen LogP contribution in [0.2, 0.25) is 0 Å². The number of benzene rings is 2. The van der Waals surface area contributed by atoms with Crippen LogP contribution in [0, 0.1) is 0 Å². The van der Waals surface area contributed by atoms with E-state index < -0.39 is 0 Å². The molecule has 3 rings (SSSR count). The van der Waals surface area contributed by atoms with E-state index in [0.29, 0.717) is 6.04 Å². The molecule has 0 amide bonds. The van der Waals surface area contributed by atoms with Crippen LogP contribution in [0.4, 0.5) is 5.69 Å². The Labute approximate surface area is 117 Å². The number of halogens is 1. The van der Waals surface area contributed by atoms with Gasteiger partial charge in [-0.25, -0.2) is 0 Å². The lowest BCUT2D eigenvalue weighted by molar-refractivity contribution is 0.672. The van der Waals surface area contributed by atoms with Gasteiger partial charge in [-0.1, -0.05) is 52.3 Å². The fourth-order valence-corrected chi connectivity index (χ4v) is 3.01. The molecule has 92 valence electrons. The van der Waals surface area contributed by atoms with Crippen molar-refractivity contribution in [2.24, 2.45) is 0 Å². The van der Waals surface area contributed by atoms with Crippen molar-refractivity contribution in [3.05, 3.63) is 64.1 Å². The summed E-state index contributed by atoms with van der Waals surface area (Å²) in [7, 11) is 0. The van der Waals surface area contributed by atoms with Crippen molar-refractivity contribution >= 4 is 21.6 Å². The van der Waals surface area contributed by atoms with E-state index in [-0.39, 0.29) is 0 Å². The van der Waals surface area contributed by atoms with Gasteiger partial charge in [0.1, 0.15) is 0 Å². The quantitative estimate of drug-likeness (QED) is 0.794. The fraction of sp³-hybridized carbons (Fsp3) is 0.250. The smallest absolute Gasteiger partial charge is 0.0432 e. The first kappa shape index (κ1) is 11.8. The van der Waals surface area contributed by atoms with Crippen molar-refractivity contribution in [2.75, 3.05) is 4.90 Å². The molecule has 0 bridgehead atoms. The molecular weight excluding hydrogens is 286 g/mol. The second-order valence-electron chi connectivity index (χ2n) is 4.94. The van der Waals surface area contributed by atoms with E-state index in [1.807, 2.05) is 0 Å². The Morgan fingerprint density at radius 2 is 1.94 bits per heavy atom. The van der Waals surface area contributed by atoms with Gasteiger partial charge in [0.2, 0.25) is 0 Å². The summed E-state index contributed by atoms with van der Waals surface area (Å²) in [6, 6.07) is 17.9. The van der Waals surface area contributed by atoms with Gasteiger partial charge in [0.25, 0.3) is 0 Å². The summed E-state index contributed by atoms with van der Waals surface area (Å²) < 4.78 is 1.16. The van der Waals surface area contributed by atoms with E-state index in [9.17, 15) is 0 Å². The minimum Gasteiger partial charge on any atom is -0.364 e. The third-order valence-corrected chi connectivity index (χ3v) is 4.09. The molecule has 0 aliphatic carbocycles. The highest BCUT2D eigenvalue weighted by molar-refractivity contribution is 9.10. The summed E-state index contributed by atoms with van der Waals surface area (Å²) in [6.45, 7) is 3.29. The standard InChI is InChI=1S/C16H16BrN/c1-12-9-14-7-8-15(17)10-16(14)18(12)11-13-5-3-2-4-6-13/h2-8,10,12H,9,11H2,1H3/t12-/m0/s1. The van der Waals surface area contributed by atoms with Crippen molar-refractivity contribution in [3.63, 3.8) is 0 Å². The summed E-state index contributed by atoms with van der Waals surface area (Å²) in [4.78, 5) is 2.50. The third-order valence-electron chi connectivity index (χ3n) is 3.60. The van der Waals surface area contributed by atoms with Crippen molar-refractivity contribution in [2.45, 2.75) is 25.9 Å². The number of anilines is 1. The molecule has 0 radical (unpaired) electrons. The average Bonchev–Trinajstić information content (AvgIpc) is 2.67. The molecular formula is C16H16BrN. The van der Waals surface area contributed by atoms with Crippen LogP contribution in [0.3, 0.4) is 0 Å². The predicted octanol–water partition coefficient (Wildman–Crippen LogP) is 4.40. The summed E-state index contributed by atoms with van der Waals surface area (Å²) in [5, 5.41) is 0. The first-order valence-corrected chi connectivity index (χ1v) is 7.12. The summed E-state index contributed by atoms with van der Waals surface area (Å²) in [6.07, 6.45) is 1.15. The van der Waals surface area contributed by atoms with Gasteiger partial charge < -0.3 is 4.90 Å². The largest absolute Gasteiger partial charge is 0.364 e. The molecule has 0 N–H and O–H groups in total. The van der Waals surface area contributed by atoms with Crippen LogP contribution in [-0.4, -0.2) is 6.04 Å². The molecule has 2 heteroatoms. The summed E-state index contributed by atoms with van der Waals surface area (Å²) >= 11 is 3.57. The molecule has 0 saturated heterocycles. The molecule has 0 saturated carbocycles. The topological polar surface area (TPSA) is 3.24 Å². The summed E-state index contributed by atoms with van der Waals surface area (Å²) in [5.74, 6) is 0. The van der Waals surface area contributed by atoms with Crippen LogP contribution >= 0.6 is 15.9 Å². The zero-order valence-corrected chi connectivity index (χ0v) is 12.0. The first-order chi connectivity index (χ1) is 8.74. The monoisotopic (exact) mass is 301 g/mol. The zero-order valence-electron chi connectivity index (χ0n) is 10.4. The molecule has 0 aromatic heterocycles. The molecule has 1 heterocycles. The van der Waals surface area contributed by atoms with Gasteiger partial charge in [-0.2, -0.15) is 0 Å². The molecule has 1 nitrogen and oxygen atoms in total. The van der Waals surface area contributed by atoms with E-state index in [1.54, 1.807) is 0 Å². The minimum atomic E-state index is 0.578. The Morgan fingerprint density at radius 1 is 1.17 bits per heavy atom. The van der Waals surface area contributed by atoms with Crippen LogP contribution < -0.4 is 4.90 Å². The Hall–Kier alpha value is -1.28. The van der Waals surface area contributed by atoms with E-state index in [0.717, 1.165) is 17.4 Å².